The van der Waals surface area contributed by atoms with Crippen molar-refractivity contribution in [3.05, 3.63) is 48.0 Å². The molecular weight excluding hydrogens is 254 g/mol. The Morgan fingerprint density at radius 3 is 2.89 bits per heavy atom. The van der Waals surface area contributed by atoms with Crippen LogP contribution in [0.2, 0.25) is 0 Å². The van der Waals surface area contributed by atoms with E-state index in [4.69, 9.17) is 5.73 Å². The van der Waals surface area contributed by atoms with E-state index >= 15 is 0 Å². The van der Waals surface area contributed by atoms with E-state index in [1.54, 1.807) is 0 Å². The molecule has 2 rings (SSSR count). The van der Waals surface area contributed by atoms with Crippen LogP contribution in [0.4, 0.5) is 0 Å². The van der Waals surface area contributed by atoms with Crippen molar-refractivity contribution in [2.24, 2.45) is 5.73 Å². The van der Waals surface area contributed by atoms with E-state index in [1.807, 2.05) is 24.2 Å². The molecule has 1 atom stereocenters. The van der Waals surface area contributed by atoms with Crippen molar-refractivity contribution in [3.63, 3.8) is 0 Å². The molecule has 19 heavy (non-hydrogen) atoms. The Labute approximate surface area is 119 Å². The number of imidazole rings is 1. The first kappa shape index (κ1) is 14.2. The molecule has 0 saturated heterocycles. The van der Waals surface area contributed by atoms with Gasteiger partial charge in [0.1, 0.15) is 5.82 Å². The lowest BCUT2D eigenvalue weighted by atomic mass is 10.2. The summed E-state index contributed by atoms with van der Waals surface area (Å²) in [7, 11) is 0. The standard InChI is InChI=1S/C15H21N3S/c1-3-18-9-8-17-15(18)10-13(16)11-19-14-7-5-4-6-12(14)2/h4-9,13H,3,10-11,16H2,1-2H3. The van der Waals surface area contributed by atoms with Crippen molar-refractivity contribution in [2.75, 3.05) is 5.75 Å². The smallest absolute Gasteiger partial charge is 0.110 e. The fourth-order valence-corrected chi connectivity index (χ4v) is 3.01. The van der Waals surface area contributed by atoms with Gasteiger partial charge in [0.15, 0.2) is 0 Å². The Morgan fingerprint density at radius 1 is 1.37 bits per heavy atom. The molecule has 1 unspecified atom stereocenters. The van der Waals surface area contributed by atoms with Gasteiger partial charge in [-0.05, 0) is 25.5 Å². The van der Waals surface area contributed by atoms with E-state index in [2.05, 4.69) is 47.7 Å². The van der Waals surface area contributed by atoms with Crippen molar-refractivity contribution in [3.8, 4) is 0 Å². The van der Waals surface area contributed by atoms with Crippen LogP contribution in [0.5, 0.6) is 0 Å². The summed E-state index contributed by atoms with van der Waals surface area (Å²) in [6, 6.07) is 8.57. The van der Waals surface area contributed by atoms with E-state index in [-0.39, 0.29) is 6.04 Å². The number of benzene rings is 1. The first-order valence-corrected chi connectivity index (χ1v) is 7.63. The number of hydrogen-bond donors (Lipinski definition) is 1. The number of aryl methyl sites for hydroxylation is 2. The number of nitrogens with zero attached hydrogens (tertiary/aromatic N) is 2. The van der Waals surface area contributed by atoms with Gasteiger partial charge in [-0.2, -0.15) is 0 Å². The molecule has 4 heteroatoms. The van der Waals surface area contributed by atoms with Crippen LogP contribution >= 0.6 is 11.8 Å². The summed E-state index contributed by atoms with van der Waals surface area (Å²) in [5, 5.41) is 0. The van der Waals surface area contributed by atoms with Gasteiger partial charge in [0.2, 0.25) is 0 Å². The quantitative estimate of drug-likeness (QED) is 0.824. The zero-order chi connectivity index (χ0) is 13.7. The monoisotopic (exact) mass is 275 g/mol. The Kier molecular flexibility index (Phi) is 5.05. The lowest BCUT2D eigenvalue weighted by Gasteiger charge is -2.13. The summed E-state index contributed by atoms with van der Waals surface area (Å²) < 4.78 is 2.15. The second-order valence-electron chi connectivity index (χ2n) is 4.67. The normalized spacial score (nSPS) is 12.6. The fraction of sp³-hybridized carbons (Fsp3) is 0.400. The van der Waals surface area contributed by atoms with Crippen molar-refractivity contribution in [1.29, 1.82) is 0 Å². The van der Waals surface area contributed by atoms with Gasteiger partial charge < -0.3 is 10.3 Å². The van der Waals surface area contributed by atoms with E-state index in [0.29, 0.717) is 0 Å². The van der Waals surface area contributed by atoms with E-state index in [0.717, 1.165) is 24.5 Å². The molecule has 1 aromatic heterocycles. The minimum Gasteiger partial charge on any atom is -0.335 e. The molecule has 0 spiro atoms. The molecule has 102 valence electrons. The van der Waals surface area contributed by atoms with Crippen LogP contribution in [0.25, 0.3) is 0 Å². The fourth-order valence-electron chi connectivity index (χ4n) is 2.03. The molecule has 0 aliphatic rings. The van der Waals surface area contributed by atoms with Crippen LogP contribution in [0.3, 0.4) is 0 Å². The minimum atomic E-state index is 0.136. The van der Waals surface area contributed by atoms with Gasteiger partial charge in [0.05, 0.1) is 0 Å². The molecule has 0 aliphatic carbocycles. The third kappa shape index (κ3) is 3.85. The lowest BCUT2D eigenvalue weighted by molar-refractivity contribution is 0.641. The highest BCUT2D eigenvalue weighted by Gasteiger charge is 2.09. The maximum absolute atomic E-state index is 6.21. The zero-order valence-electron chi connectivity index (χ0n) is 11.5. The summed E-state index contributed by atoms with van der Waals surface area (Å²) >= 11 is 1.83. The number of nitrogens with two attached hydrogens (primary N) is 1. The molecule has 0 bridgehead atoms. The molecule has 1 aromatic carbocycles. The Balaban J connectivity index is 1.88. The second kappa shape index (κ2) is 6.78. The van der Waals surface area contributed by atoms with Crippen LogP contribution in [0, 0.1) is 6.92 Å². The SMILES string of the molecule is CCn1ccnc1CC(N)CSc1ccccc1C. The summed E-state index contributed by atoms with van der Waals surface area (Å²) in [5.41, 5.74) is 7.53. The second-order valence-corrected chi connectivity index (χ2v) is 5.73. The van der Waals surface area contributed by atoms with Gasteiger partial charge in [0, 0.05) is 42.0 Å². The first-order valence-electron chi connectivity index (χ1n) is 6.64. The van der Waals surface area contributed by atoms with Gasteiger partial charge in [-0.15, -0.1) is 11.8 Å². The molecule has 2 aromatic rings. The zero-order valence-corrected chi connectivity index (χ0v) is 12.4. The van der Waals surface area contributed by atoms with Crippen LogP contribution in [-0.2, 0) is 13.0 Å². The maximum atomic E-state index is 6.21. The molecular formula is C15H21N3S. The summed E-state index contributed by atoms with van der Waals surface area (Å²) in [6.07, 6.45) is 4.69. The summed E-state index contributed by atoms with van der Waals surface area (Å²) in [4.78, 5) is 5.69. The molecule has 0 fully saturated rings. The molecule has 2 N–H and O–H groups in total. The van der Waals surface area contributed by atoms with Crippen molar-refractivity contribution in [1.82, 2.24) is 9.55 Å². The Morgan fingerprint density at radius 2 is 2.16 bits per heavy atom. The van der Waals surface area contributed by atoms with E-state index in [9.17, 15) is 0 Å². The van der Waals surface area contributed by atoms with E-state index < -0.39 is 0 Å². The Bertz CT molecular complexity index is 522. The highest BCUT2D eigenvalue weighted by Crippen LogP contribution is 2.22. The predicted molar refractivity (Wildman–Crippen MR) is 81.5 cm³/mol. The average molecular weight is 275 g/mol. The highest BCUT2D eigenvalue weighted by molar-refractivity contribution is 7.99. The lowest BCUT2D eigenvalue weighted by Crippen LogP contribution is -2.27. The molecule has 0 amide bonds. The third-order valence-corrected chi connectivity index (χ3v) is 4.50. The van der Waals surface area contributed by atoms with Crippen LogP contribution in [0.15, 0.2) is 41.6 Å². The van der Waals surface area contributed by atoms with Gasteiger partial charge >= 0.3 is 0 Å². The van der Waals surface area contributed by atoms with Gasteiger partial charge in [0.25, 0.3) is 0 Å². The van der Waals surface area contributed by atoms with Crippen LogP contribution < -0.4 is 5.73 Å². The first-order chi connectivity index (χ1) is 9.20. The average Bonchev–Trinajstić information content (AvgIpc) is 2.85. The summed E-state index contributed by atoms with van der Waals surface area (Å²) in [5.74, 6) is 2.00. The molecule has 3 nitrogen and oxygen atoms in total. The molecule has 0 radical (unpaired) electrons. The van der Waals surface area contributed by atoms with Crippen LogP contribution in [0.1, 0.15) is 18.3 Å². The van der Waals surface area contributed by atoms with Crippen LogP contribution in [-0.4, -0.2) is 21.3 Å². The van der Waals surface area contributed by atoms with Crippen molar-refractivity contribution < 1.29 is 0 Å². The molecule has 1 heterocycles. The highest BCUT2D eigenvalue weighted by atomic mass is 32.2. The number of rotatable bonds is 6. The minimum absolute atomic E-state index is 0.136. The number of hydrogen-bond acceptors (Lipinski definition) is 3. The molecule has 0 saturated carbocycles. The number of thioether (sulfide) groups is 1. The largest absolute Gasteiger partial charge is 0.335 e. The third-order valence-electron chi connectivity index (χ3n) is 3.13. The Hall–Kier alpha value is -1.26. The molecule has 0 aliphatic heterocycles. The van der Waals surface area contributed by atoms with Crippen molar-refractivity contribution in [2.45, 2.75) is 37.8 Å². The van der Waals surface area contributed by atoms with E-state index in [1.165, 1.54) is 10.5 Å². The number of aromatic nitrogens is 2. The van der Waals surface area contributed by atoms with Crippen molar-refractivity contribution >= 4 is 11.8 Å². The predicted octanol–water partition coefficient (Wildman–Crippen LogP) is 2.87. The summed E-state index contributed by atoms with van der Waals surface area (Å²) in [6.45, 7) is 5.21. The van der Waals surface area contributed by atoms with Gasteiger partial charge in [-0.25, -0.2) is 4.98 Å². The topological polar surface area (TPSA) is 43.8 Å². The van der Waals surface area contributed by atoms with Gasteiger partial charge in [-0.3, -0.25) is 0 Å². The van der Waals surface area contributed by atoms with Gasteiger partial charge in [-0.1, -0.05) is 18.2 Å². The maximum Gasteiger partial charge on any atom is 0.110 e.